The van der Waals surface area contributed by atoms with E-state index >= 15 is 0 Å². The van der Waals surface area contributed by atoms with Crippen LogP contribution in [0.15, 0.2) is 0 Å². The van der Waals surface area contributed by atoms with Crippen molar-refractivity contribution in [2.45, 2.75) is 150 Å². The third kappa shape index (κ3) is 25.9. The molecule has 0 N–H and O–H groups in total. The minimum absolute atomic E-state index is 0.434. The standard InChI is InChI=1S/C36H80O24P6/c1-16-31(17-2)55-63(39,45-12)51-26-35(27-52-64(40,46-13)56-32(18-3)19-4)59-61(37,43-10)49-24-30(9)25-50-62(38,44-11)60-36(28-53-65(41,47-14)57-33(20-5)21-6)29-54-66(42,48-15)58-34(22-7)23-8/h30-36H,16-29H2,1-15H3. The second kappa shape index (κ2) is 34.1. The second-order valence-electron chi connectivity index (χ2n) is 14.3. The van der Waals surface area contributed by atoms with Crippen molar-refractivity contribution in [2.75, 3.05) is 82.3 Å². The van der Waals surface area contributed by atoms with Crippen LogP contribution in [0.25, 0.3) is 0 Å². The van der Waals surface area contributed by atoms with Gasteiger partial charge in [-0.15, -0.1) is 0 Å². The van der Waals surface area contributed by atoms with Gasteiger partial charge in [-0.05, 0) is 51.4 Å². The highest BCUT2D eigenvalue weighted by Gasteiger charge is 2.40. The van der Waals surface area contributed by atoms with E-state index in [1.165, 1.54) is 0 Å². The molecule has 24 nitrogen and oxygen atoms in total. The Morgan fingerprint density at radius 1 is 0.273 bits per heavy atom. The molecule has 0 bridgehead atoms. The first-order valence-corrected chi connectivity index (χ1v) is 30.7. The minimum atomic E-state index is -4.57. The first kappa shape index (κ1) is 66.7. The van der Waals surface area contributed by atoms with Gasteiger partial charge in [-0.3, -0.25) is 81.4 Å². The normalized spacial score (nSPS) is 19.5. The van der Waals surface area contributed by atoms with E-state index in [9.17, 15) is 27.4 Å². The summed E-state index contributed by atoms with van der Waals surface area (Å²) in [7, 11) is -19.5. The molecule has 0 radical (unpaired) electrons. The Labute approximate surface area is 393 Å². The van der Waals surface area contributed by atoms with Crippen LogP contribution in [-0.2, 0) is 109 Å². The Kier molecular flexibility index (Phi) is 34.5. The lowest BCUT2D eigenvalue weighted by Crippen LogP contribution is -2.27. The maximum Gasteiger partial charge on any atom is 0.474 e. The fourth-order valence-corrected chi connectivity index (χ4v) is 12.4. The maximum atomic E-state index is 13.9. The van der Waals surface area contributed by atoms with E-state index in [1.54, 1.807) is 6.92 Å². The van der Waals surface area contributed by atoms with Crippen molar-refractivity contribution in [1.29, 1.82) is 0 Å². The number of hydrogen-bond donors (Lipinski definition) is 0. The van der Waals surface area contributed by atoms with E-state index in [2.05, 4.69) is 0 Å². The van der Waals surface area contributed by atoms with Crippen molar-refractivity contribution < 1.29 is 109 Å². The van der Waals surface area contributed by atoms with Crippen molar-refractivity contribution in [3.8, 4) is 0 Å². The van der Waals surface area contributed by atoms with Crippen molar-refractivity contribution in [2.24, 2.45) is 5.92 Å². The molecule has 0 spiro atoms. The van der Waals surface area contributed by atoms with Crippen LogP contribution in [0.4, 0.5) is 0 Å². The van der Waals surface area contributed by atoms with Crippen LogP contribution >= 0.6 is 46.9 Å². The Morgan fingerprint density at radius 3 is 0.576 bits per heavy atom. The van der Waals surface area contributed by atoms with Gasteiger partial charge in [-0.25, -0.2) is 27.4 Å². The van der Waals surface area contributed by atoms with Gasteiger partial charge in [0.05, 0.1) is 64.1 Å². The monoisotopic (exact) mass is 1080 g/mol. The highest BCUT2D eigenvalue weighted by Crippen LogP contribution is 2.57. The zero-order valence-electron chi connectivity index (χ0n) is 41.4. The van der Waals surface area contributed by atoms with Crippen LogP contribution in [0.2, 0.25) is 0 Å². The van der Waals surface area contributed by atoms with Gasteiger partial charge in [-0.1, -0.05) is 62.3 Å². The van der Waals surface area contributed by atoms with Gasteiger partial charge in [-0.2, -0.15) is 0 Å². The van der Waals surface area contributed by atoms with Gasteiger partial charge in [0, 0.05) is 48.6 Å². The summed E-state index contributed by atoms with van der Waals surface area (Å²) < 4.78 is 179. The van der Waals surface area contributed by atoms with Gasteiger partial charge in [0.25, 0.3) is 0 Å². The summed E-state index contributed by atoms with van der Waals surface area (Å²) in [5.74, 6) is -0.755. The van der Waals surface area contributed by atoms with Crippen LogP contribution in [0.1, 0.15) is 114 Å². The van der Waals surface area contributed by atoms with E-state index in [1.807, 2.05) is 55.4 Å². The van der Waals surface area contributed by atoms with Crippen molar-refractivity contribution in [3.05, 3.63) is 0 Å². The molecule has 0 fully saturated rings. The summed E-state index contributed by atoms with van der Waals surface area (Å²) in [6.07, 6.45) is -1.00. The number of phosphoric ester groups is 6. The zero-order chi connectivity index (χ0) is 50.7. The molecule has 0 saturated heterocycles. The molecule has 0 aliphatic heterocycles. The van der Waals surface area contributed by atoms with Crippen LogP contribution < -0.4 is 0 Å². The van der Waals surface area contributed by atoms with Gasteiger partial charge in [0.1, 0.15) is 12.2 Å². The predicted molar refractivity (Wildman–Crippen MR) is 244 cm³/mol. The van der Waals surface area contributed by atoms with Crippen LogP contribution in [0.3, 0.4) is 0 Å². The molecular formula is C36H80O24P6. The summed E-state index contributed by atoms with van der Waals surface area (Å²) in [6, 6.07) is 0. The molecule has 0 aromatic heterocycles. The second-order valence-corrected chi connectivity index (χ2v) is 24.7. The molecule has 0 rings (SSSR count). The lowest BCUT2D eigenvalue weighted by atomic mass is 10.2. The molecule has 0 heterocycles. The van der Waals surface area contributed by atoms with Gasteiger partial charge in [0.2, 0.25) is 0 Å². The average Bonchev–Trinajstić information content (AvgIpc) is 3.33. The van der Waals surface area contributed by atoms with Crippen molar-refractivity contribution in [3.63, 3.8) is 0 Å². The largest absolute Gasteiger partial charge is 0.474 e. The van der Waals surface area contributed by atoms with Crippen LogP contribution in [-0.4, -0.2) is 119 Å². The smallest absolute Gasteiger partial charge is 0.290 e. The van der Waals surface area contributed by atoms with Gasteiger partial charge in [0.15, 0.2) is 0 Å². The summed E-state index contributed by atoms with van der Waals surface area (Å²) in [4.78, 5) is 0. The molecule has 398 valence electrons. The number of phosphoric acid groups is 6. The maximum absolute atomic E-state index is 13.9. The number of rotatable bonds is 44. The van der Waals surface area contributed by atoms with Gasteiger partial charge < -0.3 is 0 Å². The average molecular weight is 1080 g/mol. The molecule has 6 atom stereocenters. The molecule has 0 aliphatic rings. The third-order valence-electron chi connectivity index (χ3n) is 9.36. The molecule has 66 heavy (non-hydrogen) atoms. The summed E-state index contributed by atoms with van der Waals surface area (Å²) in [5, 5.41) is 0. The molecule has 0 saturated carbocycles. The number of hydrogen-bond acceptors (Lipinski definition) is 24. The minimum Gasteiger partial charge on any atom is -0.290 e. The molecule has 0 aliphatic carbocycles. The zero-order valence-corrected chi connectivity index (χ0v) is 46.8. The predicted octanol–water partition coefficient (Wildman–Crippen LogP) is 11.8. The fourth-order valence-electron chi connectivity index (χ4n) is 5.00. The van der Waals surface area contributed by atoms with Crippen LogP contribution in [0.5, 0.6) is 0 Å². The quantitative estimate of drug-likeness (QED) is 0.0513. The van der Waals surface area contributed by atoms with Crippen LogP contribution in [0, 0.1) is 5.92 Å². The third-order valence-corrected chi connectivity index (χ3v) is 18.2. The van der Waals surface area contributed by atoms with Crippen molar-refractivity contribution >= 4 is 46.9 Å². The summed E-state index contributed by atoms with van der Waals surface area (Å²) in [6.45, 7) is 12.6. The Bertz CT molecular complexity index is 1380. The van der Waals surface area contributed by atoms with E-state index < -0.39 is 129 Å². The molecule has 6 unspecified atom stereocenters. The SMILES string of the molecule is CCC(CC)OP(=O)(OC)OCC(COP(=O)(OC)OC(CC)CC)OP(=O)(OC)OCC(C)COP(=O)(OC)OC(COP(=O)(OC)OC(CC)CC)COP(=O)(OC)OC(CC)CC. The van der Waals surface area contributed by atoms with E-state index in [0.29, 0.717) is 51.4 Å². The van der Waals surface area contributed by atoms with Crippen molar-refractivity contribution in [1.82, 2.24) is 0 Å². The highest BCUT2D eigenvalue weighted by molar-refractivity contribution is 7.50. The molecule has 0 aromatic carbocycles. The first-order chi connectivity index (χ1) is 31.0. The topological polar surface area (TPSA) is 269 Å². The lowest BCUT2D eigenvalue weighted by molar-refractivity contribution is -0.00439. The summed E-state index contributed by atoms with van der Waals surface area (Å²) >= 11 is 0. The first-order valence-electron chi connectivity index (χ1n) is 21.9. The van der Waals surface area contributed by atoms with Gasteiger partial charge >= 0.3 is 46.9 Å². The Balaban J connectivity index is 6.31. The lowest BCUT2D eigenvalue weighted by Gasteiger charge is -2.28. The van der Waals surface area contributed by atoms with E-state index in [-0.39, 0.29) is 0 Å². The Morgan fingerprint density at radius 2 is 0.424 bits per heavy atom. The molecular weight excluding hydrogens is 1000 g/mol. The summed E-state index contributed by atoms with van der Waals surface area (Å²) in [5.41, 5.74) is 0. The van der Waals surface area contributed by atoms with E-state index in [0.717, 1.165) is 42.7 Å². The Hall–Kier alpha value is 0.660. The molecule has 0 amide bonds. The fraction of sp³-hybridized carbons (Fsp3) is 1.00. The highest BCUT2D eigenvalue weighted by atomic mass is 31.2. The van der Waals surface area contributed by atoms with E-state index in [4.69, 9.17) is 81.4 Å². The molecule has 0 aromatic rings. The molecule has 30 heteroatoms.